The summed E-state index contributed by atoms with van der Waals surface area (Å²) in [7, 11) is -2.43. The van der Waals surface area contributed by atoms with Crippen molar-refractivity contribution in [3.8, 4) is 5.75 Å². The van der Waals surface area contributed by atoms with Crippen LogP contribution >= 0.6 is 11.6 Å². The predicted octanol–water partition coefficient (Wildman–Crippen LogP) is 2.13. The summed E-state index contributed by atoms with van der Waals surface area (Å²) in [5.74, 6) is 0.164. The molecule has 0 aliphatic rings. The van der Waals surface area contributed by atoms with Crippen LogP contribution in [0.2, 0.25) is 5.15 Å². The van der Waals surface area contributed by atoms with Gasteiger partial charge in [-0.05, 0) is 24.3 Å². The molecule has 2 rings (SSSR count). The number of ether oxygens (including phenoxy) is 1. The second-order valence-electron chi connectivity index (χ2n) is 3.88. The second-order valence-corrected chi connectivity index (χ2v) is 5.92. The molecule has 0 bridgehead atoms. The molecule has 20 heavy (non-hydrogen) atoms. The van der Waals surface area contributed by atoms with Gasteiger partial charge in [-0.15, -0.1) is 0 Å². The van der Waals surface area contributed by atoms with Gasteiger partial charge in [0.1, 0.15) is 15.8 Å². The summed E-state index contributed by atoms with van der Waals surface area (Å²) in [5.41, 5.74) is 6.32. The minimum Gasteiger partial charge on any atom is -0.495 e. The summed E-state index contributed by atoms with van der Waals surface area (Å²) < 4.78 is 32.0. The molecule has 1 aromatic heterocycles. The Balaban J connectivity index is 2.40. The highest BCUT2D eigenvalue weighted by Gasteiger charge is 2.19. The topological polar surface area (TPSA) is 94.3 Å². The van der Waals surface area contributed by atoms with Gasteiger partial charge >= 0.3 is 0 Å². The molecule has 2 aromatic rings. The number of nitrogens with two attached hydrogens (primary N) is 1. The van der Waals surface area contributed by atoms with Crippen LogP contribution in [0.15, 0.2) is 41.4 Å². The van der Waals surface area contributed by atoms with E-state index >= 15 is 0 Å². The van der Waals surface area contributed by atoms with Crippen molar-refractivity contribution in [2.24, 2.45) is 0 Å². The van der Waals surface area contributed by atoms with Gasteiger partial charge in [-0.1, -0.05) is 11.6 Å². The average Bonchev–Trinajstić information content (AvgIpc) is 2.37. The minimum atomic E-state index is -3.81. The Kier molecular flexibility index (Phi) is 4.01. The van der Waals surface area contributed by atoms with E-state index in [4.69, 9.17) is 22.1 Å². The van der Waals surface area contributed by atoms with E-state index in [9.17, 15) is 8.42 Å². The minimum absolute atomic E-state index is 0.0119. The van der Waals surface area contributed by atoms with Gasteiger partial charge < -0.3 is 10.5 Å². The first kappa shape index (κ1) is 14.4. The van der Waals surface area contributed by atoms with Crippen molar-refractivity contribution >= 4 is 33.0 Å². The Labute approximate surface area is 121 Å². The molecule has 0 aliphatic heterocycles. The van der Waals surface area contributed by atoms with Crippen LogP contribution in [0, 0.1) is 0 Å². The van der Waals surface area contributed by atoms with Crippen LogP contribution in [0.25, 0.3) is 0 Å². The molecule has 0 saturated heterocycles. The summed E-state index contributed by atoms with van der Waals surface area (Å²) >= 11 is 5.71. The van der Waals surface area contributed by atoms with Gasteiger partial charge in [-0.2, -0.15) is 0 Å². The lowest BCUT2D eigenvalue weighted by molar-refractivity contribution is 0.403. The van der Waals surface area contributed by atoms with Crippen LogP contribution in [0.1, 0.15) is 0 Å². The first-order chi connectivity index (χ1) is 9.42. The number of sulfonamides is 1. The molecule has 0 unspecified atom stereocenters. The molecule has 6 nitrogen and oxygen atoms in total. The van der Waals surface area contributed by atoms with E-state index in [0.717, 1.165) is 0 Å². The fourth-order valence-electron chi connectivity index (χ4n) is 1.58. The zero-order valence-corrected chi connectivity index (χ0v) is 12.1. The molecule has 0 fully saturated rings. The second kappa shape index (κ2) is 5.56. The number of nitrogens with one attached hydrogen (secondary N) is 1. The van der Waals surface area contributed by atoms with Gasteiger partial charge in [0.25, 0.3) is 10.0 Å². The third-order valence-corrected chi connectivity index (χ3v) is 4.08. The summed E-state index contributed by atoms with van der Waals surface area (Å²) in [5, 5.41) is 0.189. The Bertz CT molecular complexity index is 734. The van der Waals surface area contributed by atoms with Crippen LogP contribution in [0.3, 0.4) is 0 Å². The van der Waals surface area contributed by atoms with Crippen molar-refractivity contribution in [3.63, 3.8) is 0 Å². The quantitative estimate of drug-likeness (QED) is 0.666. The van der Waals surface area contributed by atoms with E-state index in [1.807, 2.05) is 0 Å². The molecule has 0 aliphatic carbocycles. The number of aromatic nitrogens is 1. The van der Waals surface area contributed by atoms with Crippen molar-refractivity contribution in [2.45, 2.75) is 4.90 Å². The number of pyridine rings is 1. The molecule has 1 heterocycles. The number of nitrogen functional groups attached to an aromatic ring is 1. The maximum atomic E-state index is 12.3. The first-order valence-corrected chi connectivity index (χ1v) is 7.36. The van der Waals surface area contributed by atoms with Crippen molar-refractivity contribution in [1.29, 1.82) is 0 Å². The SMILES string of the molecule is COc1cc(N)ccc1S(=O)(=O)Nc1ccnc(Cl)c1. The number of nitrogens with zero attached hydrogens (tertiary/aromatic N) is 1. The Morgan fingerprint density at radius 2 is 2.05 bits per heavy atom. The van der Waals surface area contributed by atoms with Gasteiger partial charge in [0.2, 0.25) is 0 Å². The smallest absolute Gasteiger partial charge is 0.265 e. The number of benzene rings is 1. The maximum Gasteiger partial charge on any atom is 0.265 e. The van der Waals surface area contributed by atoms with Gasteiger partial charge in [-0.3, -0.25) is 4.72 Å². The van der Waals surface area contributed by atoms with E-state index < -0.39 is 10.0 Å². The molecule has 0 atom stereocenters. The highest BCUT2D eigenvalue weighted by atomic mass is 35.5. The maximum absolute atomic E-state index is 12.3. The molecular formula is C12H12ClN3O3S. The number of methoxy groups -OCH3 is 1. The van der Waals surface area contributed by atoms with Gasteiger partial charge in [-0.25, -0.2) is 13.4 Å². The summed E-state index contributed by atoms with van der Waals surface area (Å²) in [6.45, 7) is 0. The molecule has 3 N–H and O–H groups in total. The predicted molar refractivity (Wildman–Crippen MR) is 77.5 cm³/mol. The number of rotatable bonds is 4. The van der Waals surface area contributed by atoms with E-state index in [2.05, 4.69) is 9.71 Å². The number of hydrogen-bond donors (Lipinski definition) is 2. The third-order valence-electron chi connectivity index (χ3n) is 2.46. The Morgan fingerprint density at radius 3 is 2.70 bits per heavy atom. The van der Waals surface area contributed by atoms with Crippen LogP contribution in [0.5, 0.6) is 5.75 Å². The van der Waals surface area contributed by atoms with Gasteiger partial charge in [0.05, 0.1) is 12.8 Å². The number of halogens is 1. The number of anilines is 2. The Hall–Kier alpha value is -1.99. The van der Waals surface area contributed by atoms with Crippen LogP contribution in [-0.4, -0.2) is 20.5 Å². The monoisotopic (exact) mass is 313 g/mol. The van der Waals surface area contributed by atoms with Gasteiger partial charge in [0, 0.05) is 18.0 Å². The molecule has 0 amide bonds. The van der Waals surface area contributed by atoms with Crippen molar-refractivity contribution in [3.05, 3.63) is 41.7 Å². The Morgan fingerprint density at radius 1 is 1.30 bits per heavy atom. The van der Waals surface area contributed by atoms with E-state index in [0.29, 0.717) is 11.4 Å². The standard InChI is InChI=1S/C12H12ClN3O3S/c1-19-10-6-8(14)2-3-11(10)20(17,18)16-9-4-5-15-12(13)7-9/h2-7H,14H2,1H3,(H,15,16). The molecule has 0 spiro atoms. The van der Waals surface area contributed by atoms with Crippen LogP contribution in [-0.2, 0) is 10.0 Å². The van der Waals surface area contributed by atoms with Crippen molar-refractivity contribution in [1.82, 2.24) is 4.98 Å². The molecule has 0 radical (unpaired) electrons. The van der Waals surface area contributed by atoms with Crippen molar-refractivity contribution in [2.75, 3.05) is 17.6 Å². The van der Waals surface area contributed by atoms with Crippen LogP contribution in [0.4, 0.5) is 11.4 Å². The van der Waals surface area contributed by atoms with E-state index in [-0.39, 0.29) is 15.8 Å². The highest BCUT2D eigenvalue weighted by molar-refractivity contribution is 7.92. The molecular weight excluding hydrogens is 302 g/mol. The van der Waals surface area contributed by atoms with Crippen LogP contribution < -0.4 is 15.2 Å². The summed E-state index contributed by atoms with van der Waals surface area (Å²) in [4.78, 5) is 3.77. The third kappa shape index (κ3) is 3.12. The van der Waals surface area contributed by atoms with Gasteiger partial charge in [0.15, 0.2) is 0 Å². The fraction of sp³-hybridized carbons (Fsp3) is 0.0833. The van der Waals surface area contributed by atoms with Crippen molar-refractivity contribution < 1.29 is 13.2 Å². The fourth-order valence-corrected chi connectivity index (χ4v) is 2.96. The molecule has 0 saturated carbocycles. The summed E-state index contributed by atoms with van der Waals surface area (Å²) in [6, 6.07) is 7.19. The molecule has 8 heteroatoms. The molecule has 1 aromatic carbocycles. The lowest BCUT2D eigenvalue weighted by atomic mass is 10.3. The normalized spacial score (nSPS) is 11.1. The lowest BCUT2D eigenvalue weighted by Gasteiger charge is -2.12. The highest BCUT2D eigenvalue weighted by Crippen LogP contribution is 2.28. The zero-order chi connectivity index (χ0) is 14.8. The largest absolute Gasteiger partial charge is 0.495 e. The summed E-state index contributed by atoms with van der Waals surface area (Å²) in [6.07, 6.45) is 1.40. The van der Waals surface area contributed by atoms with E-state index in [1.165, 1.54) is 43.6 Å². The van der Waals surface area contributed by atoms with E-state index in [1.54, 1.807) is 0 Å². The first-order valence-electron chi connectivity index (χ1n) is 5.50. The average molecular weight is 314 g/mol. The molecule has 106 valence electrons. The number of hydrogen-bond acceptors (Lipinski definition) is 5. The lowest BCUT2D eigenvalue weighted by Crippen LogP contribution is -2.14. The zero-order valence-electron chi connectivity index (χ0n) is 10.5.